The van der Waals surface area contributed by atoms with Crippen LogP contribution in [0.5, 0.6) is 0 Å². The second-order valence-electron chi connectivity index (χ2n) is 2.55. The topological polar surface area (TPSA) is 29.1 Å². The second-order valence-corrected chi connectivity index (χ2v) is 3.35. The van der Waals surface area contributed by atoms with Gasteiger partial charge < -0.3 is 5.32 Å². The van der Waals surface area contributed by atoms with E-state index < -0.39 is 17.9 Å². The van der Waals surface area contributed by atoms with E-state index >= 15 is 0 Å². The molecule has 0 bridgehead atoms. The number of anilines is 1. The van der Waals surface area contributed by atoms with Gasteiger partial charge in [0.2, 0.25) is 0 Å². The standard InChI is InChI=1S/C8H4BrF4NO/c9-6-4(10)2-1-3-5(6)14-7(15)8(11,12)13/h1-3H,(H,14,15). The monoisotopic (exact) mass is 285 g/mol. The van der Waals surface area contributed by atoms with E-state index in [2.05, 4.69) is 15.9 Å². The first-order valence-electron chi connectivity index (χ1n) is 3.64. The molecule has 0 aliphatic heterocycles. The number of amides is 1. The molecular weight excluding hydrogens is 282 g/mol. The van der Waals surface area contributed by atoms with Crippen LogP contribution in [0.15, 0.2) is 22.7 Å². The predicted molar refractivity (Wildman–Crippen MR) is 48.8 cm³/mol. The maximum Gasteiger partial charge on any atom is 0.471 e. The molecule has 0 radical (unpaired) electrons. The number of carbonyl (C=O) groups is 1. The van der Waals surface area contributed by atoms with Crippen molar-refractivity contribution in [1.29, 1.82) is 0 Å². The zero-order chi connectivity index (χ0) is 11.6. The molecule has 1 aromatic rings. The van der Waals surface area contributed by atoms with Gasteiger partial charge in [0, 0.05) is 0 Å². The molecule has 0 aliphatic rings. The number of alkyl halides is 3. The van der Waals surface area contributed by atoms with E-state index in [1.165, 1.54) is 6.07 Å². The molecular formula is C8H4BrF4NO. The lowest BCUT2D eigenvalue weighted by molar-refractivity contribution is -0.167. The summed E-state index contributed by atoms with van der Waals surface area (Å²) in [6, 6.07) is 3.39. The Morgan fingerprint density at radius 1 is 1.33 bits per heavy atom. The van der Waals surface area contributed by atoms with E-state index in [0.717, 1.165) is 12.1 Å². The average Bonchev–Trinajstić information content (AvgIpc) is 2.11. The summed E-state index contributed by atoms with van der Waals surface area (Å²) in [6.07, 6.45) is -4.99. The summed E-state index contributed by atoms with van der Waals surface area (Å²) >= 11 is 2.72. The van der Waals surface area contributed by atoms with Gasteiger partial charge >= 0.3 is 12.1 Å². The van der Waals surface area contributed by atoms with E-state index in [9.17, 15) is 22.4 Å². The van der Waals surface area contributed by atoms with Gasteiger partial charge in [-0.15, -0.1) is 0 Å². The molecule has 0 heterocycles. The number of halogens is 5. The zero-order valence-corrected chi connectivity index (χ0v) is 8.62. The Bertz CT molecular complexity index is 391. The molecule has 1 rings (SSSR count). The molecule has 82 valence electrons. The van der Waals surface area contributed by atoms with Gasteiger partial charge in [0.05, 0.1) is 10.2 Å². The summed E-state index contributed by atoms with van der Waals surface area (Å²) in [5.41, 5.74) is -0.266. The van der Waals surface area contributed by atoms with E-state index in [0.29, 0.717) is 0 Å². The normalized spacial score (nSPS) is 11.3. The summed E-state index contributed by atoms with van der Waals surface area (Å²) in [5.74, 6) is -2.90. The second kappa shape index (κ2) is 4.18. The van der Waals surface area contributed by atoms with Gasteiger partial charge in [-0.1, -0.05) is 6.07 Å². The smallest absolute Gasteiger partial charge is 0.317 e. The third-order valence-corrected chi connectivity index (χ3v) is 2.26. The van der Waals surface area contributed by atoms with Crippen molar-refractivity contribution in [2.75, 3.05) is 5.32 Å². The number of carbonyl (C=O) groups excluding carboxylic acids is 1. The Morgan fingerprint density at radius 2 is 1.93 bits per heavy atom. The summed E-state index contributed by atoms with van der Waals surface area (Å²) < 4.78 is 48.2. The fraction of sp³-hybridized carbons (Fsp3) is 0.125. The SMILES string of the molecule is O=C(Nc1cccc(F)c1Br)C(F)(F)F. The lowest BCUT2D eigenvalue weighted by Gasteiger charge is -2.09. The fourth-order valence-corrected chi connectivity index (χ4v) is 1.16. The molecule has 0 spiro atoms. The summed E-state index contributed by atoms with van der Waals surface area (Å²) in [5, 5.41) is 1.54. The highest BCUT2D eigenvalue weighted by Gasteiger charge is 2.38. The lowest BCUT2D eigenvalue weighted by atomic mass is 10.3. The molecule has 0 saturated carbocycles. The Kier molecular flexibility index (Phi) is 3.33. The van der Waals surface area contributed by atoms with Crippen molar-refractivity contribution < 1.29 is 22.4 Å². The van der Waals surface area contributed by atoms with Gasteiger partial charge in [0.1, 0.15) is 5.82 Å². The molecule has 1 aromatic carbocycles. The van der Waals surface area contributed by atoms with Crippen molar-refractivity contribution in [1.82, 2.24) is 0 Å². The summed E-state index contributed by atoms with van der Waals surface area (Å²) in [6.45, 7) is 0. The molecule has 2 nitrogen and oxygen atoms in total. The number of rotatable bonds is 1. The van der Waals surface area contributed by atoms with E-state index in [-0.39, 0.29) is 10.2 Å². The highest BCUT2D eigenvalue weighted by molar-refractivity contribution is 9.10. The van der Waals surface area contributed by atoms with Crippen LogP contribution in [0.4, 0.5) is 23.2 Å². The van der Waals surface area contributed by atoms with Crippen molar-refractivity contribution >= 4 is 27.5 Å². The minimum atomic E-state index is -4.99. The number of benzene rings is 1. The van der Waals surface area contributed by atoms with Gasteiger partial charge in [-0.2, -0.15) is 13.2 Å². The highest BCUT2D eigenvalue weighted by Crippen LogP contribution is 2.27. The lowest BCUT2D eigenvalue weighted by Crippen LogP contribution is -2.30. The number of hydrogen-bond acceptors (Lipinski definition) is 1. The largest absolute Gasteiger partial charge is 0.471 e. The van der Waals surface area contributed by atoms with E-state index in [4.69, 9.17) is 0 Å². The molecule has 1 N–H and O–H groups in total. The van der Waals surface area contributed by atoms with Gasteiger partial charge in [-0.25, -0.2) is 4.39 Å². The van der Waals surface area contributed by atoms with Crippen LogP contribution in [0.2, 0.25) is 0 Å². The van der Waals surface area contributed by atoms with Crippen molar-refractivity contribution in [2.45, 2.75) is 6.18 Å². The molecule has 0 atom stereocenters. The van der Waals surface area contributed by atoms with E-state index in [1.807, 2.05) is 0 Å². The minimum absolute atomic E-state index is 0.220. The van der Waals surface area contributed by atoms with Crippen LogP contribution >= 0.6 is 15.9 Å². The van der Waals surface area contributed by atoms with Crippen LogP contribution in [-0.4, -0.2) is 12.1 Å². The molecule has 15 heavy (non-hydrogen) atoms. The maximum absolute atomic E-state index is 12.8. The van der Waals surface area contributed by atoms with Crippen molar-refractivity contribution in [3.8, 4) is 0 Å². The van der Waals surface area contributed by atoms with Crippen LogP contribution in [-0.2, 0) is 4.79 Å². The summed E-state index contributed by atoms with van der Waals surface area (Å²) in [4.78, 5) is 10.5. The first kappa shape index (κ1) is 12.0. The van der Waals surface area contributed by atoms with Crippen LogP contribution in [0, 0.1) is 5.82 Å². The average molecular weight is 286 g/mol. The number of nitrogens with one attached hydrogen (secondary N) is 1. The Hall–Kier alpha value is -1.11. The van der Waals surface area contributed by atoms with Crippen molar-refractivity contribution in [3.05, 3.63) is 28.5 Å². The molecule has 1 amide bonds. The zero-order valence-electron chi connectivity index (χ0n) is 7.03. The maximum atomic E-state index is 12.8. The molecule has 0 aliphatic carbocycles. The molecule has 0 saturated heterocycles. The van der Waals surface area contributed by atoms with Gasteiger partial charge in [0.15, 0.2) is 0 Å². The first-order chi connectivity index (χ1) is 6.82. The first-order valence-corrected chi connectivity index (χ1v) is 4.44. The third kappa shape index (κ3) is 2.92. The molecule has 0 fully saturated rings. The molecule has 7 heteroatoms. The van der Waals surface area contributed by atoms with Crippen molar-refractivity contribution in [3.63, 3.8) is 0 Å². The van der Waals surface area contributed by atoms with Gasteiger partial charge in [0.25, 0.3) is 0 Å². The Morgan fingerprint density at radius 3 is 2.47 bits per heavy atom. The Balaban J connectivity index is 2.91. The van der Waals surface area contributed by atoms with Crippen LogP contribution in [0.25, 0.3) is 0 Å². The van der Waals surface area contributed by atoms with Gasteiger partial charge in [-0.3, -0.25) is 4.79 Å². The fourth-order valence-electron chi connectivity index (χ4n) is 0.794. The van der Waals surface area contributed by atoms with Gasteiger partial charge in [-0.05, 0) is 28.1 Å². The summed E-state index contributed by atoms with van der Waals surface area (Å²) in [7, 11) is 0. The highest BCUT2D eigenvalue weighted by atomic mass is 79.9. The Labute approximate surface area is 90.4 Å². The van der Waals surface area contributed by atoms with Crippen LogP contribution < -0.4 is 5.32 Å². The minimum Gasteiger partial charge on any atom is -0.317 e. The van der Waals surface area contributed by atoms with E-state index in [1.54, 1.807) is 5.32 Å². The number of hydrogen-bond donors (Lipinski definition) is 1. The molecule has 0 aromatic heterocycles. The molecule has 0 unspecified atom stereocenters. The van der Waals surface area contributed by atoms with Crippen LogP contribution in [0.1, 0.15) is 0 Å². The van der Waals surface area contributed by atoms with Crippen LogP contribution in [0.3, 0.4) is 0 Å². The van der Waals surface area contributed by atoms with Crippen molar-refractivity contribution in [2.24, 2.45) is 0 Å². The quantitative estimate of drug-likeness (QED) is 0.790. The third-order valence-electron chi connectivity index (χ3n) is 1.46. The predicted octanol–water partition coefficient (Wildman–Crippen LogP) is 3.09.